The first kappa shape index (κ1) is 13.7. The fourth-order valence-corrected chi connectivity index (χ4v) is 3.38. The van der Waals surface area contributed by atoms with Gasteiger partial charge < -0.3 is 10.2 Å². The highest BCUT2D eigenvalue weighted by atomic mass is 32.2. The molecule has 2 unspecified atom stereocenters. The monoisotopic (exact) mass is 244 g/mol. The Morgan fingerprint density at radius 2 is 2.00 bits per heavy atom. The molecule has 1 rings (SSSR count). The molecule has 1 N–H and O–H groups in total. The normalized spacial score (nSPS) is 24.4. The van der Waals surface area contributed by atoms with Crippen LogP contribution in [0.1, 0.15) is 40.0 Å². The average Bonchev–Trinajstić information content (AvgIpc) is 2.68. The number of carbonyl (C=O) groups is 1. The van der Waals surface area contributed by atoms with Crippen molar-refractivity contribution < 1.29 is 4.79 Å². The van der Waals surface area contributed by atoms with Crippen molar-refractivity contribution in [3.05, 3.63) is 0 Å². The van der Waals surface area contributed by atoms with Gasteiger partial charge in [-0.2, -0.15) is 11.8 Å². The maximum Gasteiger partial charge on any atom is 0.317 e. The molecule has 1 aliphatic rings. The Morgan fingerprint density at radius 3 is 2.56 bits per heavy atom. The molecule has 94 valence electrons. The molecule has 2 amide bonds. The first-order valence-corrected chi connectivity index (χ1v) is 7.43. The van der Waals surface area contributed by atoms with Gasteiger partial charge in [-0.1, -0.05) is 6.92 Å². The lowest BCUT2D eigenvalue weighted by atomic mass is 10.2. The number of thioether (sulfide) groups is 1. The van der Waals surface area contributed by atoms with E-state index in [2.05, 4.69) is 12.2 Å². The van der Waals surface area contributed by atoms with E-state index in [0.29, 0.717) is 6.04 Å². The second-order valence-corrected chi connectivity index (χ2v) is 5.79. The predicted octanol–water partition coefficient (Wildman–Crippen LogP) is 2.71. The molecule has 0 spiro atoms. The Labute approximate surface area is 103 Å². The van der Waals surface area contributed by atoms with Crippen molar-refractivity contribution in [1.29, 1.82) is 0 Å². The van der Waals surface area contributed by atoms with E-state index in [4.69, 9.17) is 0 Å². The Kier molecular flexibility index (Phi) is 6.03. The van der Waals surface area contributed by atoms with Crippen molar-refractivity contribution in [2.45, 2.75) is 51.3 Å². The molecular weight excluding hydrogens is 220 g/mol. The van der Waals surface area contributed by atoms with Crippen molar-refractivity contribution >= 4 is 17.8 Å². The standard InChI is InChI=1S/C12H24N2OS/c1-4-14(5-2)12(15)13-10-7-8-11(9-10)16-6-3/h10-11H,4-9H2,1-3H3,(H,13,15). The van der Waals surface area contributed by atoms with Crippen LogP contribution in [-0.4, -0.2) is 41.1 Å². The van der Waals surface area contributed by atoms with Crippen LogP contribution < -0.4 is 5.32 Å². The van der Waals surface area contributed by atoms with Crippen molar-refractivity contribution in [3.63, 3.8) is 0 Å². The van der Waals surface area contributed by atoms with Crippen LogP contribution in [0.5, 0.6) is 0 Å². The van der Waals surface area contributed by atoms with Gasteiger partial charge in [0.1, 0.15) is 0 Å². The van der Waals surface area contributed by atoms with Crippen LogP contribution in [0.2, 0.25) is 0 Å². The van der Waals surface area contributed by atoms with Gasteiger partial charge in [0, 0.05) is 24.4 Å². The lowest BCUT2D eigenvalue weighted by Gasteiger charge is -2.22. The fraction of sp³-hybridized carbons (Fsp3) is 0.917. The van der Waals surface area contributed by atoms with Crippen LogP contribution >= 0.6 is 11.8 Å². The van der Waals surface area contributed by atoms with Gasteiger partial charge in [-0.25, -0.2) is 4.79 Å². The van der Waals surface area contributed by atoms with Crippen molar-refractivity contribution in [2.75, 3.05) is 18.8 Å². The summed E-state index contributed by atoms with van der Waals surface area (Å²) in [5, 5.41) is 3.90. The zero-order chi connectivity index (χ0) is 12.0. The molecule has 0 radical (unpaired) electrons. The van der Waals surface area contributed by atoms with Crippen molar-refractivity contribution in [3.8, 4) is 0 Å². The Balaban J connectivity index is 2.30. The minimum Gasteiger partial charge on any atom is -0.335 e. The number of nitrogens with one attached hydrogen (secondary N) is 1. The summed E-state index contributed by atoms with van der Waals surface area (Å²) in [7, 11) is 0. The third-order valence-corrected chi connectivity index (χ3v) is 4.40. The number of hydrogen-bond acceptors (Lipinski definition) is 2. The summed E-state index contributed by atoms with van der Waals surface area (Å²) < 4.78 is 0. The molecule has 0 aromatic heterocycles. The van der Waals surface area contributed by atoms with Crippen LogP contribution in [0.4, 0.5) is 4.79 Å². The predicted molar refractivity (Wildman–Crippen MR) is 71.0 cm³/mol. The summed E-state index contributed by atoms with van der Waals surface area (Å²) in [5.74, 6) is 1.18. The number of nitrogens with zero attached hydrogens (tertiary/aromatic N) is 1. The van der Waals surface area contributed by atoms with Gasteiger partial charge in [-0.3, -0.25) is 0 Å². The summed E-state index contributed by atoms with van der Waals surface area (Å²) in [6.45, 7) is 7.83. The van der Waals surface area contributed by atoms with E-state index in [1.807, 2.05) is 30.5 Å². The highest BCUT2D eigenvalue weighted by Crippen LogP contribution is 2.29. The molecule has 1 aliphatic carbocycles. The van der Waals surface area contributed by atoms with E-state index in [1.165, 1.54) is 12.2 Å². The quantitative estimate of drug-likeness (QED) is 0.806. The molecule has 3 nitrogen and oxygen atoms in total. The highest BCUT2D eigenvalue weighted by Gasteiger charge is 2.26. The van der Waals surface area contributed by atoms with Gasteiger partial charge in [0.25, 0.3) is 0 Å². The number of amides is 2. The number of rotatable bonds is 5. The molecule has 0 aliphatic heterocycles. The summed E-state index contributed by atoms with van der Waals surface area (Å²) in [5.41, 5.74) is 0. The molecular formula is C12H24N2OS. The van der Waals surface area contributed by atoms with Crippen LogP contribution in [0.3, 0.4) is 0 Å². The second kappa shape index (κ2) is 7.05. The van der Waals surface area contributed by atoms with Crippen LogP contribution in [-0.2, 0) is 0 Å². The van der Waals surface area contributed by atoms with Gasteiger partial charge in [-0.15, -0.1) is 0 Å². The molecule has 16 heavy (non-hydrogen) atoms. The molecule has 1 fully saturated rings. The molecule has 0 saturated heterocycles. The summed E-state index contributed by atoms with van der Waals surface area (Å²) in [6, 6.07) is 0.509. The number of hydrogen-bond donors (Lipinski definition) is 1. The lowest BCUT2D eigenvalue weighted by Crippen LogP contribution is -2.43. The first-order valence-electron chi connectivity index (χ1n) is 6.38. The zero-order valence-corrected chi connectivity index (χ0v) is 11.5. The van der Waals surface area contributed by atoms with Crippen LogP contribution in [0.25, 0.3) is 0 Å². The van der Waals surface area contributed by atoms with Gasteiger partial charge in [0.2, 0.25) is 0 Å². The molecule has 1 saturated carbocycles. The van der Waals surface area contributed by atoms with Gasteiger partial charge in [-0.05, 0) is 38.9 Å². The topological polar surface area (TPSA) is 32.3 Å². The lowest BCUT2D eigenvalue weighted by molar-refractivity contribution is 0.199. The Morgan fingerprint density at radius 1 is 1.31 bits per heavy atom. The SMILES string of the molecule is CCSC1CCC(NC(=O)N(CC)CC)C1. The van der Waals surface area contributed by atoms with E-state index in [0.717, 1.165) is 31.2 Å². The Hall–Kier alpha value is -0.380. The minimum atomic E-state index is 0.108. The van der Waals surface area contributed by atoms with E-state index in [-0.39, 0.29) is 6.03 Å². The maximum atomic E-state index is 11.8. The van der Waals surface area contributed by atoms with Gasteiger partial charge in [0.15, 0.2) is 0 Å². The molecule has 0 aromatic carbocycles. The smallest absolute Gasteiger partial charge is 0.317 e. The Bertz CT molecular complexity index is 219. The second-order valence-electron chi connectivity index (χ2n) is 4.21. The first-order chi connectivity index (χ1) is 7.71. The summed E-state index contributed by atoms with van der Waals surface area (Å²) in [6.07, 6.45) is 3.54. The largest absolute Gasteiger partial charge is 0.335 e. The van der Waals surface area contributed by atoms with Crippen LogP contribution in [0, 0.1) is 0 Å². The van der Waals surface area contributed by atoms with Crippen molar-refractivity contribution in [1.82, 2.24) is 10.2 Å². The maximum absolute atomic E-state index is 11.8. The fourth-order valence-electron chi connectivity index (χ4n) is 2.24. The zero-order valence-electron chi connectivity index (χ0n) is 10.7. The molecule has 0 heterocycles. The van der Waals surface area contributed by atoms with Crippen molar-refractivity contribution in [2.24, 2.45) is 0 Å². The molecule has 0 aromatic rings. The highest BCUT2D eigenvalue weighted by molar-refractivity contribution is 7.99. The number of carbonyl (C=O) groups excluding carboxylic acids is 1. The van der Waals surface area contributed by atoms with Gasteiger partial charge >= 0.3 is 6.03 Å². The molecule has 2 atom stereocenters. The summed E-state index contributed by atoms with van der Waals surface area (Å²) in [4.78, 5) is 13.7. The van der Waals surface area contributed by atoms with Crippen LogP contribution in [0.15, 0.2) is 0 Å². The third-order valence-electron chi connectivity index (χ3n) is 3.17. The third kappa shape index (κ3) is 3.89. The molecule has 4 heteroatoms. The van der Waals surface area contributed by atoms with Gasteiger partial charge in [0.05, 0.1) is 0 Å². The van der Waals surface area contributed by atoms with E-state index in [1.54, 1.807) is 0 Å². The van der Waals surface area contributed by atoms with E-state index in [9.17, 15) is 4.79 Å². The summed E-state index contributed by atoms with van der Waals surface area (Å²) >= 11 is 2.02. The minimum absolute atomic E-state index is 0.108. The average molecular weight is 244 g/mol. The van der Waals surface area contributed by atoms with E-state index < -0.39 is 0 Å². The number of urea groups is 1. The van der Waals surface area contributed by atoms with E-state index >= 15 is 0 Å². The molecule has 0 bridgehead atoms.